The predicted octanol–water partition coefficient (Wildman–Crippen LogP) is 0.708. The molecule has 0 unspecified atom stereocenters. The molecule has 2 aromatic rings. The summed E-state index contributed by atoms with van der Waals surface area (Å²) in [6.07, 6.45) is 5.26. The smallest absolute Gasteiger partial charge is 0.223 e. The molecule has 1 amide bonds. The van der Waals surface area contributed by atoms with Crippen LogP contribution in [0.1, 0.15) is 12.8 Å². The first-order chi connectivity index (χ1) is 10.8. The van der Waals surface area contributed by atoms with Crippen LogP contribution in [0.2, 0.25) is 0 Å². The van der Waals surface area contributed by atoms with Crippen molar-refractivity contribution in [3.05, 3.63) is 24.5 Å². The van der Waals surface area contributed by atoms with Gasteiger partial charge in [-0.2, -0.15) is 9.61 Å². The van der Waals surface area contributed by atoms with Gasteiger partial charge >= 0.3 is 0 Å². The Morgan fingerprint density at radius 1 is 1.36 bits per heavy atom. The molecule has 3 heterocycles. The molecule has 0 aliphatic carbocycles. The molecular formula is C15H21N5O2. The van der Waals surface area contributed by atoms with Crippen LogP contribution in [0.25, 0.3) is 5.65 Å². The molecule has 1 saturated heterocycles. The van der Waals surface area contributed by atoms with Crippen molar-refractivity contribution in [2.24, 2.45) is 5.92 Å². The number of carbonyl (C=O) groups is 1. The van der Waals surface area contributed by atoms with Crippen molar-refractivity contribution in [3.8, 4) is 0 Å². The second-order valence-corrected chi connectivity index (χ2v) is 5.45. The van der Waals surface area contributed by atoms with Crippen molar-refractivity contribution in [2.45, 2.75) is 12.8 Å². The fourth-order valence-electron chi connectivity index (χ4n) is 2.85. The van der Waals surface area contributed by atoms with E-state index in [1.165, 1.54) is 0 Å². The van der Waals surface area contributed by atoms with Crippen LogP contribution in [0.5, 0.6) is 0 Å². The fraction of sp³-hybridized carbons (Fsp3) is 0.533. The van der Waals surface area contributed by atoms with Crippen molar-refractivity contribution in [1.82, 2.24) is 19.9 Å². The average Bonchev–Trinajstić information content (AvgIpc) is 3.04. The second-order valence-electron chi connectivity index (χ2n) is 5.45. The SMILES string of the molecule is COCCNC(=O)C1CCN(c2ccnc3ccnn23)CC1. The minimum absolute atomic E-state index is 0.0862. The summed E-state index contributed by atoms with van der Waals surface area (Å²) in [6.45, 7) is 2.83. The van der Waals surface area contributed by atoms with E-state index in [2.05, 4.69) is 20.3 Å². The van der Waals surface area contributed by atoms with Crippen molar-refractivity contribution < 1.29 is 9.53 Å². The topological polar surface area (TPSA) is 71.8 Å². The molecule has 2 aromatic heterocycles. The molecule has 0 saturated carbocycles. The van der Waals surface area contributed by atoms with Gasteiger partial charge in [0, 0.05) is 44.9 Å². The molecular weight excluding hydrogens is 282 g/mol. The van der Waals surface area contributed by atoms with Crippen LogP contribution in [-0.2, 0) is 9.53 Å². The van der Waals surface area contributed by atoms with E-state index >= 15 is 0 Å². The highest BCUT2D eigenvalue weighted by molar-refractivity contribution is 5.79. The first-order valence-electron chi connectivity index (χ1n) is 7.60. The number of piperidine rings is 1. The molecule has 1 aliphatic heterocycles. The molecule has 1 N–H and O–H groups in total. The Morgan fingerprint density at radius 2 is 2.18 bits per heavy atom. The van der Waals surface area contributed by atoms with Crippen molar-refractivity contribution >= 4 is 17.4 Å². The lowest BCUT2D eigenvalue weighted by molar-refractivity contribution is -0.125. The molecule has 1 aliphatic rings. The maximum Gasteiger partial charge on any atom is 0.223 e. The molecule has 7 heteroatoms. The van der Waals surface area contributed by atoms with Crippen LogP contribution in [0.3, 0.4) is 0 Å². The van der Waals surface area contributed by atoms with Gasteiger partial charge in [0.15, 0.2) is 5.65 Å². The van der Waals surface area contributed by atoms with Gasteiger partial charge < -0.3 is 15.0 Å². The summed E-state index contributed by atoms with van der Waals surface area (Å²) in [5.74, 6) is 1.26. The van der Waals surface area contributed by atoms with Gasteiger partial charge in [0.05, 0.1) is 12.8 Å². The lowest BCUT2D eigenvalue weighted by Crippen LogP contribution is -2.41. The highest BCUT2D eigenvalue weighted by Gasteiger charge is 2.25. The molecule has 0 spiro atoms. The molecule has 3 rings (SSSR count). The largest absolute Gasteiger partial charge is 0.383 e. The minimum Gasteiger partial charge on any atom is -0.383 e. The second kappa shape index (κ2) is 6.74. The maximum atomic E-state index is 12.1. The maximum absolute atomic E-state index is 12.1. The monoisotopic (exact) mass is 303 g/mol. The van der Waals surface area contributed by atoms with Crippen LogP contribution >= 0.6 is 0 Å². The number of fused-ring (bicyclic) bond motifs is 1. The average molecular weight is 303 g/mol. The number of anilines is 1. The van der Waals surface area contributed by atoms with Gasteiger partial charge in [-0.1, -0.05) is 0 Å². The van der Waals surface area contributed by atoms with Crippen LogP contribution in [-0.4, -0.2) is 53.9 Å². The van der Waals surface area contributed by atoms with Crippen LogP contribution in [0.4, 0.5) is 5.82 Å². The first kappa shape index (κ1) is 14.8. The third-order valence-corrected chi connectivity index (χ3v) is 4.07. The van der Waals surface area contributed by atoms with Gasteiger partial charge in [-0.15, -0.1) is 0 Å². The number of rotatable bonds is 5. The number of amides is 1. The fourth-order valence-corrected chi connectivity index (χ4v) is 2.85. The summed E-state index contributed by atoms with van der Waals surface area (Å²) in [6, 6.07) is 3.86. The van der Waals surface area contributed by atoms with Crippen molar-refractivity contribution in [2.75, 3.05) is 38.3 Å². The predicted molar refractivity (Wildman–Crippen MR) is 82.8 cm³/mol. The van der Waals surface area contributed by atoms with E-state index in [1.54, 1.807) is 19.5 Å². The number of nitrogens with zero attached hydrogens (tertiary/aromatic N) is 4. The van der Waals surface area contributed by atoms with Gasteiger partial charge in [-0.05, 0) is 18.9 Å². The van der Waals surface area contributed by atoms with Gasteiger partial charge in [0.25, 0.3) is 0 Å². The van der Waals surface area contributed by atoms with Crippen molar-refractivity contribution in [1.29, 1.82) is 0 Å². The summed E-state index contributed by atoms with van der Waals surface area (Å²) in [5, 5.41) is 7.24. The van der Waals surface area contributed by atoms with Gasteiger partial charge in [0.2, 0.25) is 5.91 Å². The highest BCUT2D eigenvalue weighted by Crippen LogP contribution is 2.23. The summed E-state index contributed by atoms with van der Waals surface area (Å²) < 4.78 is 6.80. The molecule has 0 radical (unpaired) electrons. The van der Waals surface area contributed by atoms with Crippen LogP contribution < -0.4 is 10.2 Å². The van der Waals surface area contributed by atoms with Crippen LogP contribution in [0, 0.1) is 5.92 Å². The number of carbonyl (C=O) groups excluding carboxylic acids is 1. The minimum atomic E-state index is 0.0862. The normalized spacial score (nSPS) is 16.1. The Morgan fingerprint density at radius 3 is 2.95 bits per heavy atom. The van der Waals surface area contributed by atoms with E-state index in [0.29, 0.717) is 13.2 Å². The lowest BCUT2D eigenvalue weighted by atomic mass is 9.96. The zero-order valence-electron chi connectivity index (χ0n) is 12.7. The number of nitrogens with one attached hydrogen (secondary N) is 1. The number of hydrogen-bond donors (Lipinski definition) is 1. The number of ether oxygens (including phenoxy) is 1. The Balaban J connectivity index is 1.60. The van der Waals surface area contributed by atoms with E-state index < -0.39 is 0 Å². The Labute approximate surface area is 129 Å². The Hall–Kier alpha value is -2.15. The standard InChI is InChI=1S/C15H21N5O2/c1-22-11-8-17-15(21)12-4-9-19(10-5-12)14-3-6-16-13-2-7-18-20(13)14/h2-3,6-7,12H,4-5,8-11H2,1H3,(H,17,21). The number of aromatic nitrogens is 3. The van der Waals surface area contributed by atoms with E-state index in [9.17, 15) is 4.79 Å². The Kier molecular flexibility index (Phi) is 4.53. The molecule has 118 valence electrons. The molecule has 0 bridgehead atoms. The van der Waals surface area contributed by atoms with Crippen molar-refractivity contribution in [3.63, 3.8) is 0 Å². The third kappa shape index (κ3) is 3.04. The zero-order chi connectivity index (χ0) is 15.4. The zero-order valence-corrected chi connectivity index (χ0v) is 12.7. The van der Waals surface area contributed by atoms with E-state index in [1.807, 2.05) is 16.6 Å². The number of methoxy groups -OCH3 is 1. The van der Waals surface area contributed by atoms with E-state index in [0.717, 1.165) is 37.4 Å². The highest BCUT2D eigenvalue weighted by atomic mass is 16.5. The molecule has 22 heavy (non-hydrogen) atoms. The number of hydrogen-bond acceptors (Lipinski definition) is 5. The molecule has 7 nitrogen and oxygen atoms in total. The van der Waals surface area contributed by atoms with Gasteiger partial charge in [-0.25, -0.2) is 4.98 Å². The lowest BCUT2D eigenvalue weighted by Gasteiger charge is -2.32. The summed E-state index contributed by atoms with van der Waals surface area (Å²) in [4.78, 5) is 18.6. The van der Waals surface area contributed by atoms with Crippen LogP contribution in [0.15, 0.2) is 24.5 Å². The molecule has 1 fully saturated rings. The van der Waals surface area contributed by atoms with Gasteiger partial charge in [-0.3, -0.25) is 4.79 Å². The first-order valence-corrected chi connectivity index (χ1v) is 7.60. The summed E-state index contributed by atoms with van der Waals surface area (Å²) in [7, 11) is 1.63. The van der Waals surface area contributed by atoms with Gasteiger partial charge in [0.1, 0.15) is 5.82 Å². The Bertz CT molecular complexity index is 634. The molecule has 0 aromatic carbocycles. The quantitative estimate of drug-likeness (QED) is 0.824. The summed E-state index contributed by atoms with van der Waals surface area (Å²) >= 11 is 0. The molecule has 0 atom stereocenters. The van der Waals surface area contributed by atoms with E-state index in [-0.39, 0.29) is 11.8 Å². The van der Waals surface area contributed by atoms with E-state index in [4.69, 9.17) is 4.74 Å². The summed E-state index contributed by atoms with van der Waals surface area (Å²) in [5.41, 5.74) is 0.844. The third-order valence-electron chi connectivity index (χ3n) is 4.07.